The minimum Gasteiger partial charge on any atom is -0.444 e. The van der Waals surface area contributed by atoms with E-state index in [0.717, 1.165) is 15.7 Å². The van der Waals surface area contributed by atoms with E-state index < -0.39 is 48.7 Å². The molecule has 3 amide bonds. The number of benzene rings is 3. The molecule has 0 radical (unpaired) electrons. The third kappa shape index (κ3) is 7.35. The highest BCUT2D eigenvalue weighted by Gasteiger charge is 2.37. The molecule has 0 spiro atoms. The van der Waals surface area contributed by atoms with Crippen LogP contribution in [0.3, 0.4) is 0 Å². The average Bonchev–Trinajstić information content (AvgIpc) is 2.90. The van der Waals surface area contributed by atoms with E-state index in [0.29, 0.717) is 16.8 Å². The quantitative estimate of drug-likeness (QED) is 0.303. The zero-order valence-corrected chi connectivity index (χ0v) is 22.0. The molecule has 0 saturated heterocycles. The second kappa shape index (κ2) is 12.6. The Morgan fingerprint density at radius 2 is 1.72 bits per heavy atom. The Morgan fingerprint density at radius 3 is 2.36 bits per heavy atom. The largest absolute Gasteiger partial charge is 0.444 e. The molecule has 0 saturated carbocycles. The molecule has 0 bridgehead atoms. The van der Waals surface area contributed by atoms with Gasteiger partial charge in [0.2, 0.25) is 5.91 Å². The van der Waals surface area contributed by atoms with E-state index in [1.807, 2.05) is 36.4 Å². The summed E-state index contributed by atoms with van der Waals surface area (Å²) in [4.78, 5) is 40.8. The highest BCUT2D eigenvalue weighted by atomic mass is 16.6. The molecule has 0 aliphatic carbocycles. The number of aliphatic hydroxyl groups excluding tert-OH is 1. The summed E-state index contributed by atoms with van der Waals surface area (Å²) in [6.45, 7) is 3.62. The molecule has 0 aliphatic heterocycles. The number of fused-ring (bicyclic) bond motifs is 1. The molecule has 3 rings (SSSR count). The van der Waals surface area contributed by atoms with E-state index in [-0.39, 0.29) is 0 Å². The number of hydrogen-bond acceptors (Lipinski definition) is 6. The number of anilines is 1. The van der Waals surface area contributed by atoms with Crippen molar-refractivity contribution in [3.05, 3.63) is 77.9 Å². The zero-order valence-electron chi connectivity index (χ0n) is 22.0. The normalized spacial score (nSPS) is 12.4. The maximum atomic E-state index is 13.8. The summed E-state index contributed by atoms with van der Waals surface area (Å²) in [6, 6.07) is 18.6. The van der Waals surface area contributed by atoms with Gasteiger partial charge < -0.3 is 25.4 Å². The first-order valence-electron chi connectivity index (χ1n) is 12.2. The van der Waals surface area contributed by atoms with Crippen LogP contribution >= 0.6 is 0 Å². The van der Waals surface area contributed by atoms with Crippen molar-refractivity contribution < 1.29 is 24.2 Å². The molecule has 200 valence electrons. The van der Waals surface area contributed by atoms with Crippen molar-refractivity contribution in [3.8, 4) is 18.4 Å². The summed E-state index contributed by atoms with van der Waals surface area (Å²) in [7, 11) is 0. The molecule has 0 aromatic heterocycles. The summed E-state index contributed by atoms with van der Waals surface area (Å²) < 4.78 is 5.20. The molecule has 0 fully saturated rings. The van der Waals surface area contributed by atoms with Crippen LogP contribution in [0.25, 0.3) is 10.8 Å². The average molecular weight is 527 g/mol. The topological polar surface area (TPSA) is 132 Å². The number of carbonyl (C=O) groups excluding carboxylic acids is 3. The lowest BCUT2D eigenvalue weighted by Gasteiger charge is -2.32. The summed E-state index contributed by atoms with van der Waals surface area (Å²) >= 11 is 0. The van der Waals surface area contributed by atoms with Gasteiger partial charge in [-0.3, -0.25) is 9.59 Å². The molecule has 3 aromatic rings. The van der Waals surface area contributed by atoms with Crippen molar-refractivity contribution in [2.45, 2.75) is 38.5 Å². The predicted octanol–water partition coefficient (Wildman–Crippen LogP) is 3.74. The lowest BCUT2D eigenvalue weighted by molar-refractivity contribution is -0.140. The third-order valence-electron chi connectivity index (χ3n) is 5.68. The lowest BCUT2D eigenvalue weighted by Crippen LogP contribution is -2.54. The van der Waals surface area contributed by atoms with Gasteiger partial charge in [-0.05, 0) is 55.3 Å². The fourth-order valence-electron chi connectivity index (χ4n) is 4.00. The van der Waals surface area contributed by atoms with E-state index in [2.05, 4.69) is 16.6 Å². The van der Waals surface area contributed by atoms with Crippen molar-refractivity contribution >= 4 is 34.4 Å². The van der Waals surface area contributed by atoms with Crippen LogP contribution in [0, 0.1) is 23.7 Å². The fourth-order valence-corrected chi connectivity index (χ4v) is 4.00. The summed E-state index contributed by atoms with van der Waals surface area (Å²) in [5.41, 5.74) is 0.258. The Morgan fingerprint density at radius 1 is 1.05 bits per heavy atom. The number of ether oxygens (including phenoxy) is 1. The molecule has 2 atom stereocenters. The first kappa shape index (κ1) is 28.7. The second-order valence-corrected chi connectivity index (χ2v) is 9.69. The summed E-state index contributed by atoms with van der Waals surface area (Å²) in [5, 5.41) is 26.6. The van der Waals surface area contributed by atoms with E-state index in [1.54, 1.807) is 57.2 Å². The van der Waals surface area contributed by atoms with Crippen molar-refractivity contribution in [2.24, 2.45) is 0 Å². The Kier molecular flexibility index (Phi) is 9.27. The van der Waals surface area contributed by atoms with Crippen LogP contribution in [0.1, 0.15) is 37.9 Å². The zero-order chi connectivity index (χ0) is 28.6. The fraction of sp³-hybridized carbons (Fsp3) is 0.267. The SMILES string of the molecule is C#Cc1ccccc1C(C(=O)Nc1ccc2ccccc2c1)N(CC#N)C(=O)C(CO)NC(=O)OC(C)(C)C. The van der Waals surface area contributed by atoms with E-state index >= 15 is 0 Å². The number of carbonyl (C=O) groups is 3. The first-order valence-corrected chi connectivity index (χ1v) is 12.2. The Hall–Kier alpha value is -4.86. The Balaban J connectivity index is 2.02. The van der Waals surface area contributed by atoms with Gasteiger partial charge >= 0.3 is 6.09 Å². The predicted molar refractivity (Wildman–Crippen MR) is 147 cm³/mol. The molecule has 0 heterocycles. The van der Waals surface area contributed by atoms with E-state index in [4.69, 9.17) is 11.2 Å². The van der Waals surface area contributed by atoms with Crippen molar-refractivity contribution in [1.29, 1.82) is 5.26 Å². The summed E-state index contributed by atoms with van der Waals surface area (Å²) in [6.07, 6.45) is 4.76. The molecular weight excluding hydrogens is 496 g/mol. The van der Waals surface area contributed by atoms with Crippen LogP contribution in [0.4, 0.5) is 10.5 Å². The molecular formula is C30H30N4O5. The number of terminal acetylenes is 1. The van der Waals surface area contributed by atoms with Gasteiger partial charge in [-0.1, -0.05) is 54.5 Å². The third-order valence-corrected chi connectivity index (χ3v) is 5.68. The molecule has 9 nitrogen and oxygen atoms in total. The van der Waals surface area contributed by atoms with Crippen LogP contribution in [0.5, 0.6) is 0 Å². The minimum absolute atomic E-state index is 0.302. The highest BCUT2D eigenvalue weighted by Crippen LogP contribution is 2.28. The number of hydrogen-bond donors (Lipinski definition) is 3. The number of nitriles is 1. The van der Waals surface area contributed by atoms with E-state index in [9.17, 15) is 24.8 Å². The van der Waals surface area contributed by atoms with Gasteiger partial charge in [-0.15, -0.1) is 6.42 Å². The van der Waals surface area contributed by atoms with Crippen molar-refractivity contribution in [2.75, 3.05) is 18.5 Å². The van der Waals surface area contributed by atoms with Gasteiger partial charge in [0, 0.05) is 11.3 Å². The van der Waals surface area contributed by atoms with Crippen molar-refractivity contribution in [1.82, 2.24) is 10.2 Å². The van der Waals surface area contributed by atoms with Crippen molar-refractivity contribution in [3.63, 3.8) is 0 Å². The molecule has 0 aliphatic rings. The number of nitrogens with zero attached hydrogens (tertiary/aromatic N) is 2. The van der Waals surface area contributed by atoms with Crippen LogP contribution in [-0.4, -0.2) is 52.7 Å². The maximum Gasteiger partial charge on any atom is 0.408 e. The number of nitrogens with one attached hydrogen (secondary N) is 2. The number of aliphatic hydroxyl groups is 1. The lowest BCUT2D eigenvalue weighted by atomic mass is 9.97. The monoisotopic (exact) mass is 526 g/mol. The number of amides is 3. The van der Waals surface area contributed by atoms with Gasteiger partial charge in [-0.2, -0.15) is 5.26 Å². The molecule has 3 aromatic carbocycles. The minimum atomic E-state index is -1.48. The van der Waals surface area contributed by atoms with Crippen LogP contribution in [-0.2, 0) is 14.3 Å². The Labute approximate surface area is 227 Å². The summed E-state index contributed by atoms with van der Waals surface area (Å²) in [5.74, 6) is 1.02. The van der Waals surface area contributed by atoms with Gasteiger partial charge in [0.15, 0.2) is 0 Å². The number of alkyl carbamates (subject to hydrolysis) is 1. The van der Waals surface area contributed by atoms with Gasteiger partial charge in [0.05, 0.1) is 12.7 Å². The first-order chi connectivity index (χ1) is 18.6. The van der Waals surface area contributed by atoms with Gasteiger partial charge in [0.25, 0.3) is 5.91 Å². The second-order valence-electron chi connectivity index (χ2n) is 9.69. The smallest absolute Gasteiger partial charge is 0.408 e. The molecule has 39 heavy (non-hydrogen) atoms. The van der Waals surface area contributed by atoms with Crippen LogP contribution in [0.2, 0.25) is 0 Å². The highest BCUT2D eigenvalue weighted by molar-refractivity contribution is 6.00. The number of rotatable bonds is 8. The maximum absolute atomic E-state index is 13.8. The van der Waals surface area contributed by atoms with Gasteiger partial charge in [0.1, 0.15) is 24.2 Å². The molecule has 2 unspecified atom stereocenters. The van der Waals surface area contributed by atoms with Gasteiger partial charge in [-0.25, -0.2) is 4.79 Å². The standard InChI is InChI=1S/C30H30N4O5/c1-5-20-10-8-9-13-24(20)26(27(36)32-23-15-14-21-11-6-7-12-22(21)18-23)34(17-16-31)28(37)25(19-35)33-29(38)39-30(2,3)4/h1,6-15,18,25-26,35H,17,19H2,2-4H3,(H,32,36)(H,33,38). The Bertz CT molecular complexity index is 1450. The van der Waals surface area contributed by atoms with Crippen LogP contribution < -0.4 is 10.6 Å². The van der Waals surface area contributed by atoms with Crippen LogP contribution in [0.15, 0.2) is 66.7 Å². The molecule has 9 heteroatoms. The molecule has 3 N–H and O–H groups in total. The van der Waals surface area contributed by atoms with E-state index in [1.165, 1.54) is 0 Å².